The second kappa shape index (κ2) is 4.88. The summed E-state index contributed by atoms with van der Waals surface area (Å²) in [5.41, 5.74) is -0.535. The molecule has 0 saturated carbocycles. The maximum Gasteiger partial charge on any atom is 0.280 e. The highest BCUT2D eigenvalue weighted by Gasteiger charge is 2.31. The number of aryl methyl sites for hydroxylation is 1. The fourth-order valence-electron chi connectivity index (χ4n) is 1.65. The maximum atomic E-state index is 11.8. The van der Waals surface area contributed by atoms with E-state index in [4.69, 9.17) is 0 Å². The minimum absolute atomic E-state index is 0.495. The number of fused-ring (bicyclic) bond motifs is 1. The Balaban J connectivity index is 2.47. The molecule has 2 aromatic rings. The first-order valence-corrected chi connectivity index (χ1v) is 6.66. The molecule has 0 radical (unpaired) electrons. The van der Waals surface area contributed by atoms with Crippen LogP contribution >= 0.6 is 11.3 Å². The van der Waals surface area contributed by atoms with Gasteiger partial charge >= 0.3 is 0 Å². The smallest absolute Gasteiger partial charge is 0.280 e. The first-order chi connectivity index (χ1) is 8.80. The van der Waals surface area contributed by atoms with Gasteiger partial charge in [-0.15, -0.1) is 0 Å². The standard InChI is InChI=1S/C13H16N2O3S/c1-13(2,18)10(16)11(17)14-12-15(3)8-6-4-5-7-9(8)19-12/h4-7,10,16,18H,1-3H3. The van der Waals surface area contributed by atoms with Crippen molar-refractivity contribution >= 4 is 27.5 Å². The van der Waals surface area contributed by atoms with Gasteiger partial charge in [0.15, 0.2) is 10.9 Å². The number of hydrogen-bond donors (Lipinski definition) is 2. The molecule has 0 bridgehead atoms. The summed E-state index contributed by atoms with van der Waals surface area (Å²) in [5.74, 6) is -0.741. The van der Waals surface area contributed by atoms with E-state index in [1.807, 2.05) is 24.3 Å². The number of amides is 1. The summed E-state index contributed by atoms with van der Waals surface area (Å²) in [6, 6.07) is 7.69. The molecule has 5 nitrogen and oxygen atoms in total. The fraction of sp³-hybridized carbons (Fsp3) is 0.385. The molecule has 0 spiro atoms. The van der Waals surface area contributed by atoms with Gasteiger partial charge in [-0.2, -0.15) is 4.99 Å². The van der Waals surface area contributed by atoms with E-state index >= 15 is 0 Å². The SMILES string of the molecule is Cn1c(=NC(=O)C(O)C(C)(C)O)sc2ccccc21. The molecule has 6 heteroatoms. The molecule has 1 heterocycles. The van der Waals surface area contributed by atoms with Crippen LogP contribution in [0.4, 0.5) is 0 Å². The van der Waals surface area contributed by atoms with E-state index in [0.717, 1.165) is 10.2 Å². The minimum atomic E-state index is -1.53. The van der Waals surface area contributed by atoms with E-state index in [1.165, 1.54) is 25.2 Å². The molecule has 1 atom stereocenters. The third kappa shape index (κ3) is 2.75. The molecular formula is C13H16N2O3S. The first-order valence-electron chi connectivity index (χ1n) is 5.84. The normalized spacial score (nSPS) is 14.9. The van der Waals surface area contributed by atoms with Crippen molar-refractivity contribution in [2.45, 2.75) is 25.6 Å². The van der Waals surface area contributed by atoms with Crippen molar-refractivity contribution in [3.05, 3.63) is 29.1 Å². The Kier molecular flexibility index (Phi) is 3.58. The van der Waals surface area contributed by atoms with Crippen LogP contribution in [0.3, 0.4) is 0 Å². The lowest BCUT2D eigenvalue weighted by atomic mass is 10.0. The van der Waals surface area contributed by atoms with Crippen LogP contribution < -0.4 is 4.80 Å². The molecule has 2 rings (SSSR count). The number of thiazole rings is 1. The molecule has 1 unspecified atom stereocenters. The summed E-state index contributed by atoms with van der Waals surface area (Å²) >= 11 is 1.36. The topological polar surface area (TPSA) is 74.8 Å². The lowest BCUT2D eigenvalue weighted by Crippen LogP contribution is -2.42. The maximum absolute atomic E-state index is 11.8. The second-order valence-corrected chi connectivity index (χ2v) is 5.93. The van der Waals surface area contributed by atoms with Crippen LogP contribution in [-0.2, 0) is 11.8 Å². The number of aliphatic hydroxyl groups excluding tert-OH is 1. The van der Waals surface area contributed by atoms with Gasteiger partial charge in [0.05, 0.1) is 15.8 Å². The third-order valence-electron chi connectivity index (χ3n) is 2.82. The van der Waals surface area contributed by atoms with Gasteiger partial charge in [0.2, 0.25) is 0 Å². The number of hydrogen-bond acceptors (Lipinski definition) is 4. The summed E-state index contributed by atoms with van der Waals surface area (Å²) in [4.78, 5) is 16.2. The number of para-hydroxylation sites is 1. The largest absolute Gasteiger partial charge is 0.387 e. The molecule has 0 saturated heterocycles. The van der Waals surface area contributed by atoms with Gasteiger partial charge < -0.3 is 14.8 Å². The van der Waals surface area contributed by atoms with E-state index < -0.39 is 17.6 Å². The highest BCUT2D eigenvalue weighted by atomic mass is 32.1. The van der Waals surface area contributed by atoms with Gasteiger partial charge in [0.25, 0.3) is 5.91 Å². The molecular weight excluding hydrogens is 264 g/mol. The van der Waals surface area contributed by atoms with E-state index in [-0.39, 0.29) is 0 Å². The van der Waals surface area contributed by atoms with E-state index in [9.17, 15) is 15.0 Å². The Morgan fingerprint density at radius 3 is 2.63 bits per heavy atom. The van der Waals surface area contributed by atoms with Crippen molar-refractivity contribution in [2.24, 2.45) is 12.0 Å². The number of carbonyl (C=O) groups is 1. The summed E-state index contributed by atoms with van der Waals surface area (Å²) in [6.07, 6.45) is -1.53. The second-order valence-electron chi connectivity index (χ2n) is 4.92. The lowest BCUT2D eigenvalue weighted by molar-refractivity contribution is -0.138. The number of carbonyl (C=O) groups excluding carboxylic acids is 1. The number of rotatable bonds is 2. The van der Waals surface area contributed by atoms with Crippen molar-refractivity contribution < 1.29 is 15.0 Å². The molecule has 102 valence electrons. The predicted molar refractivity (Wildman–Crippen MR) is 73.7 cm³/mol. The quantitative estimate of drug-likeness (QED) is 0.854. The van der Waals surface area contributed by atoms with Gasteiger partial charge in [0.1, 0.15) is 0 Å². The number of benzene rings is 1. The molecule has 1 amide bonds. The number of nitrogens with zero attached hydrogens (tertiary/aromatic N) is 2. The monoisotopic (exact) mass is 280 g/mol. The van der Waals surface area contributed by atoms with Gasteiger partial charge in [-0.05, 0) is 26.0 Å². The van der Waals surface area contributed by atoms with E-state index in [1.54, 1.807) is 11.6 Å². The highest BCUT2D eigenvalue weighted by molar-refractivity contribution is 7.16. The van der Waals surface area contributed by atoms with Crippen molar-refractivity contribution in [2.75, 3.05) is 0 Å². The Labute approximate surface area is 114 Å². The molecule has 0 aliphatic carbocycles. The van der Waals surface area contributed by atoms with Crippen molar-refractivity contribution in [3.63, 3.8) is 0 Å². The summed E-state index contributed by atoms with van der Waals surface area (Å²) in [7, 11) is 1.81. The van der Waals surface area contributed by atoms with Crippen LogP contribution in [-0.4, -0.2) is 32.4 Å². The minimum Gasteiger partial charge on any atom is -0.387 e. The summed E-state index contributed by atoms with van der Waals surface area (Å²) < 4.78 is 2.80. The third-order valence-corrected chi connectivity index (χ3v) is 3.94. The fourth-order valence-corrected chi connectivity index (χ4v) is 2.67. The van der Waals surface area contributed by atoms with Gasteiger partial charge in [-0.3, -0.25) is 4.79 Å². The average molecular weight is 280 g/mol. The Bertz CT molecular complexity index is 679. The van der Waals surface area contributed by atoms with Crippen molar-refractivity contribution in [1.29, 1.82) is 0 Å². The molecule has 1 aromatic heterocycles. The van der Waals surface area contributed by atoms with Crippen molar-refractivity contribution in [3.8, 4) is 0 Å². The zero-order chi connectivity index (χ0) is 14.2. The van der Waals surface area contributed by atoms with Crippen LogP contribution in [0.25, 0.3) is 10.2 Å². The van der Waals surface area contributed by atoms with Crippen LogP contribution in [0.1, 0.15) is 13.8 Å². The molecule has 19 heavy (non-hydrogen) atoms. The first kappa shape index (κ1) is 13.9. The predicted octanol–water partition coefficient (Wildman–Crippen LogP) is 0.799. The van der Waals surface area contributed by atoms with Gasteiger partial charge in [-0.1, -0.05) is 23.5 Å². The van der Waals surface area contributed by atoms with E-state index in [2.05, 4.69) is 4.99 Å². The number of aromatic nitrogens is 1. The Hall–Kier alpha value is -1.50. The van der Waals surface area contributed by atoms with Gasteiger partial charge in [0, 0.05) is 7.05 Å². The number of aliphatic hydroxyl groups is 2. The average Bonchev–Trinajstić information content (AvgIpc) is 2.65. The molecule has 0 aliphatic rings. The van der Waals surface area contributed by atoms with Gasteiger partial charge in [-0.25, -0.2) is 0 Å². The molecule has 2 N–H and O–H groups in total. The molecule has 1 aromatic carbocycles. The van der Waals surface area contributed by atoms with Crippen molar-refractivity contribution in [1.82, 2.24) is 4.57 Å². The molecule has 0 aliphatic heterocycles. The Morgan fingerprint density at radius 2 is 2.05 bits per heavy atom. The summed E-state index contributed by atoms with van der Waals surface area (Å²) in [6.45, 7) is 2.74. The van der Waals surface area contributed by atoms with Crippen LogP contribution in [0, 0.1) is 0 Å². The zero-order valence-corrected chi connectivity index (χ0v) is 11.8. The van der Waals surface area contributed by atoms with Crippen LogP contribution in [0.15, 0.2) is 29.3 Å². The lowest BCUT2D eigenvalue weighted by Gasteiger charge is -2.20. The highest BCUT2D eigenvalue weighted by Crippen LogP contribution is 2.15. The van der Waals surface area contributed by atoms with E-state index in [0.29, 0.717) is 4.80 Å². The Morgan fingerprint density at radius 1 is 1.42 bits per heavy atom. The zero-order valence-electron chi connectivity index (χ0n) is 11.0. The summed E-state index contributed by atoms with van der Waals surface area (Å²) in [5, 5.41) is 19.3. The molecule has 0 fully saturated rings. The van der Waals surface area contributed by atoms with Crippen LogP contribution in [0.2, 0.25) is 0 Å². The van der Waals surface area contributed by atoms with Crippen LogP contribution in [0.5, 0.6) is 0 Å².